The summed E-state index contributed by atoms with van der Waals surface area (Å²) in [5.74, 6) is 0.518. The van der Waals surface area contributed by atoms with E-state index in [-0.39, 0.29) is 25.5 Å². The summed E-state index contributed by atoms with van der Waals surface area (Å²) in [7, 11) is 1.24. The van der Waals surface area contributed by atoms with Gasteiger partial charge in [-0.1, -0.05) is 29.8 Å². The second kappa shape index (κ2) is 11.3. The molecule has 0 aliphatic heterocycles. The second-order valence-electron chi connectivity index (χ2n) is 7.61. The Morgan fingerprint density at radius 2 is 1.75 bits per heavy atom. The number of carbonyl (C=O) groups excluding carboxylic acids is 1. The summed E-state index contributed by atoms with van der Waals surface area (Å²) in [6, 6.07) is 19.2. The van der Waals surface area contributed by atoms with Crippen molar-refractivity contribution in [2.75, 3.05) is 12.4 Å². The van der Waals surface area contributed by atoms with Crippen LogP contribution in [0.3, 0.4) is 0 Å². The Hall–Kier alpha value is -4.44. The van der Waals surface area contributed by atoms with Crippen LogP contribution in [0, 0.1) is 0 Å². The van der Waals surface area contributed by atoms with Crippen LogP contribution in [0.15, 0.2) is 82.5 Å². The maximum absolute atomic E-state index is 13.3. The molecule has 2 aromatic carbocycles. The summed E-state index contributed by atoms with van der Waals surface area (Å²) < 4.78 is 12.5. The standard InChI is InChI=1S/C25H22ClN5O5/c1-35-22(32)13-15-30-24(33)29-23(31(25(30)34)16-17-5-7-18(26)8-6-17)28-19-9-11-20(12-10-19)36-21-4-2-3-14-27-21/h2-12,14H,13,15-16H2,1H3,(H,28,29,33). The topological polar surface area (TPSA) is 117 Å². The van der Waals surface area contributed by atoms with Crippen molar-refractivity contribution in [3.8, 4) is 11.6 Å². The summed E-state index contributed by atoms with van der Waals surface area (Å²) >= 11 is 5.98. The van der Waals surface area contributed by atoms with Crippen LogP contribution in [0.5, 0.6) is 11.6 Å². The molecule has 0 aliphatic carbocycles. The number of rotatable bonds is 9. The van der Waals surface area contributed by atoms with Crippen molar-refractivity contribution in [3.05, 3.63) is 104 Å². The molecular weight excluding hydrogens is 486 g/mol. The van der Waals surface area contributed by atoms with Crippen LogP contribution in [0.1, 0.15) is 12.0 Å². The van der Waals surface area contributed by atoms with Crippen molar-refractivity contribution in [1.29, 1.82) is 0 Å². The van der Waals surface area contributed by atoms with Crippen LogP contribution < -0.4 is 21.4 Å². The Morgan fingerprint density at radius 1 is 1.00 bits per heavy atom. The van der Waals surface area contributed by atoms with E-state index in [1.807, 2.05) is 6.07 Å². The number of carbonyl (C=O) groups is 1. The largest absolute Gasteiger partial charge is 0.469 e. The number of nitrogens with zero attached hydrogens (tertiary/aromatic N) is 4. The van der Waals surface area contributed by atoms with Gasteiger partial charge >= 0.3 is 17.3 Å². The summed E-state index contributed by atoms with van der Waals surface area (Å²) in [4.78, 5) is 45.7. The zero-order chi connectivity index (χ0) is 25.5. The van der Waals surface area contributed by atoms with E-state index in [1.54, 1.807) is 66.9 Å². The van der Waals surface area contributed by atoms with Crippen molar-refractivity contribution in [1.82, 2.24) is 19.1 Å². The zero-order valence-electron chi connectivity index (χ0n) is 19.3. The molecule has 184 valence electrons. The van der Waals surface area contributed by atoms with Gasteiger partial charge in [-0.3, -0.25) is 9.36 Å². The SMILES string of the molecule is COC(=O)CCn1c(=O)nc(Nc2ccc(Oc3ccccn3)cc2)n(Cc2ccc(Cl)cc2)c1=O. The summed E-state index contributed by atoms with van der Waals surface area (Å²) in [6.45, 7) is -0.0392. The van der Waals surface area contributed by atoms with E-state index in [2.05, 4.69) is 20.0 Å². The Kier molecular flexibility index (Phi) is 7.76. The molecule has 0 amide bonds. The molecular formula is C25H22ClN5O5. The number of anilines is 2. The molecule has 36 heavy (non-hydrogen) atoms. The number of hydrogen-bond acceptors (Lipinski definition) is 8. The van der Waals surface area contributed by atoms with Gasteiger partial charge in [-0.15, -0.1) is 0 Å². The van der Waals surface area contributed by atoms with E-state index < -0.39 is 17.3 Å². The molecule has 10 nitrogen and oxygen atoms in total. The lowest BCUT2D eigenvalue weighted by atomic mass is 10.2. The van der Waals surface area contributed by atoms with Crippen molar-refractivity contribution >= 4 is 29.2 Å². The Labute approximate surface area is 210 Å². The van der Waals surface area contributed by atoms with Crippen LogP contribution in [-0.4, -0.2) is 32.2 Å². The Bertz CT molecular complexity index is 1450. The van der Waals surface area contributed by atoms with Crippen molar-refractivity contribution < 1.29 is 14.3 Å². The van der Waals surface area contributed by atoms with Crippen LogP contribution >= 0.6 is 11.6 Å². The molecule has 0 aliphatic rings. The summed E-state index contributed by atoms with van der Waals surface area (Å²) in [5, 5.41) is 3.58. The van der Waals surface area contributed by atoms with Gasteiger partial charge in [0.15, 0.2) is 0 Å². The first-order valence-corrected chi connectivity index (χ1v) is 11.3. The van der Waals surface area contributed by atoms with Crippen molar-refractivity contribution in [3.63, 3.8) is 0 Å². The predicted molar refractivity (Wildman–Crippen MR) is 134 cm³/mol. The van der Waals surface area contributed by atoms with Crippen molar-refractivity contribution in [2.24, 2.45) is 0 Å². The quantitative estimate of drug-likeness (QED) is 0.341. The molecule has 1 N–H and O–H groups in total. The van der Waals surface area contributed by atoms with Gasteiger partial charge < -0.3 is 14.8 Å². The highest BCUT2D eigenvalue weighted by atomic mass is 35.5. The number of ether oxygens (including phenoxy) is 2. The smallest absolute Gasteiger partial charge is 0.354 e. The fourth-order valence-electron chi connectivity index (χ4n) is 3.30. The van der Waals surface area contributed by atoms with Gasteiger partial charge in [-0.2, -0.15) is 4.98 Å². The lowest BCUT2D eigenvalue weighted by Crippen LogP contribution is -2.43. The van der Waals surface area contributed by atoms with Gasteiger partial charge in [0.25, 0.3) is 0 Å². The number of benzene rings is 2. The van der Waals surface area contributed by atoms with E-state index in [0.717, 1.165) is 10.1 Å². The van der Waals surface area contributed by atoms with Gasteiger partial charge in [0.1, 0.15) is 5.75 Å². The van der Waals surface area contributed by atoms with Gasteiger partial charge in [0.2, 0.25) is 11.8 Å². The molecule has 4 aromatic rings. The molecule has 2 aromatic heterocycles. The summed E-state index contributed by atoms with van der Waals surface area (Å²) in [6.07, 6.45) is 1.49. The Balaban J connectivity index is 1.64. The highest BCUT2D eigenvalue weighted by Gasteiger charge is 2.15. The molecule has 0 radical (unpaired) electrons. The van der Waals surface area contributed by atoms with E-state index in [1.165, 1.54) is 11.7 Å². The highest BCUT2D eigenvalue weighted by Crippen LogP contribution is 2.22. The third-order valence-electron chi connectivity index (χ3n) is 5.14. The van der Waals surface area contributed by atoms with Gasteiger partial charge in [0.05, 0.1) is 20.1 Å². The average Bonchev–Trinajstić information content (AvgIpc) is 2.89. The number of aromatic nitrogens is 4. The third kappa shape index (κ3) is 6.16. The average molecular weight is 508 g/mol. The maximum Gasteiger partial charge on any atom is 0.354 e. The predicted octanol–water partition coefficient (Wildman–Crippen LogP) is 3.60. The Morgan fingerprint density at radius 3 is 2.42 bits per heavy atom. The van der Waals surface area contributed by atoms with Gasteiger partial charge in [-0.25, -0.2) is 19.1 Å². The minimum Gasteiger partial charge on any atom is -0.469 e. The van der Waals surface area contributed by atoms with Crippen LogP contribution in [0.4, 0.5) is 11.6 Å². The molecule has 0 fully saturated rings. The number of hydrogen-bond donors (Lipinski definition) is 1. The number of nitrogens with one attached hydrogen (secondary N) is 1. The molecule has 0 saturated heterocycles. The van der Waals surface area contributed by atoms with E-state index in [9.17, 15) is 14.4 Å². The number of esters is 1. The fraction of sp³-hybridized carbons (Fsp3) is 0.160. The van der Waals surface area contributed by atoms with E-state index in [4.69, 9.17) is 16.3 Å². The minimum absolute atomic E-state index is 0.0488. The lowest BCUT2D eigenvalue weighted by molar-refractivity contribution is -0.140. The molecule has 0 atom stereocenters. The molecule has 2 heterocycles. The van der Waals surface area contributed by atoms with Gasteiger partial charge in [-0.05, 0) is 48.0 Å². The molecule has 4 rings (SSSR count). The number of pyridine rings is 1. The third-order valence-corrected chi connectivity index (χ3v) is 5.39. The molecule has 0 unspecified atom stereocenters. The monoisotopic (exact) mass is 507 g/mol. The molecule has 11 heteroatoms. The second-order valence-corrected chi connectivity index (χ2v) is 8.05. The fourth-order valence-corrected chi connectivity index (χ4v) is 3.43. The molecule has 0 bridgehead atoms. The molecule has 0 saturated carbocycles. The van der Waals surface area contributed by atoms with Crippen LogP contribution in [-0.2, 0) is 22.6 Å². The zero-order valence-corrected chi connectivity index (χ0v) is 20.0. The lowest BCUT2D eigenvalue weighted by Gasteiger charge is -2.16. The first kappa shape index (κ1) is 24.7. The first-order chi connectivity index (χ1) is 17.4. The normalized spacial score (nSPS) is 10.6. The summed E-state index contributed by atoms with van der Waals surface area (Å²) in [5.41, 5.74) is -0.0595. The first-order valence-electron chi connectivity index (χ1n) is 10.9. The van der Waals surface area contributed by atoms with E-state index in [0.29, 0.717) is 22.3 Å². The van der Waals surface area contributed by atoms with Crippen molar-refractivity contribution in [2.45, 2.75) is 19.5 Å². The van der Waals surface area contributed by atoms with Gasteiger partial charge in [0, 0.05) is 29.5 Å². The van der Waals surface area contributed by atoms with Crippen LogP contribution in [0.25, 0.3) is 0 Å². The molecule has 0 spiro atoms. The minimum atomic E-state index is -0.783. The maximum atomic E-state index is 13.3. The highest BCUT2D eigenvalue weighted by molar-refractivity contribution is 6.30. The number of methoxy groups -OCH3 is 1. The van der Waals surface area contributed by atoms with E-state index >= 15 is 0 Å². The number of halogens is 1. The van der Waals surface area contributed by atoms with Crippen LogP contribution in [0.2, 0.25) is 5.02 Å².